The van der Waals surface area contributed by atoms with Crippen LogP contribution in [0.1, 0.15) is 50.4 Å². The molecule has 12 rings (SSSR count). The second-order valence-corrected chi connectivity index (χ2v) is 20.9. The predicted octanol–water partition coefficient (Wildman–Crippen LogP) is 13.0. The molecule has 2 nitrogen and oxygen atoms in total. The summed E-state index contributed by atoms with van der Waals surface area (Å²) < 4.78 is 47.5. The Hall–Kier alpha value is -7.20. The van der Waals surface area contributed by atoms with Crippen molar-refractivity contribution in [3.63, 3.8) is 0 Å². The molecule has 0 amide bonds. The van der Waals surface area contributed by atoms with Crippen molar-refractivity contribution in [2.75, 3.05) is 0 Å². The molecule has 0 spiro atoms. The van der Waals surface area contributed by atoms with Gasteiger partial charge in [-0.3, -0.25) is 0 Å². The molecule has 0 aliphatic heterocycles. The normalized spacial score (nSPS) is 14.8. The van der Waals surface area contributed by atoms with Gasteiger partial charge in [0.15, 0.2) is 8.07 Å². The highest BCUT2D eigenvalue weighted by atomic mass is 28.3. The van der Waals surface area contributed by atoms with E-state index in [1.165, 1.54) is 85.8 Å². The van der Waals surface area contributed by atoms with Gasteiger partial charge in [-0.15, -0.1) is 0 Å². The summed E-state index contributed by atoms with van der Waals surface area (Å²) in [6.07, 6.45) is 6.42. The maximum Gasteiger partial charge on any atom is 0.179 e. The van der Waals surface area contributed by atoms with Crippen molar-refractivity contribution in [2.24, 2.45) is 0 Å². The van der Waals surface area contributed by atoms with E-state index in [9.17, 15) is 0 Å². The van der Waals surface area contributed by atoms with Crippen LogP contribution in [0.15, 0.2) is 224 Å². The van der Waals surface area contributed by atoms with Gasteiger partial charge in [0.05, 0.1) is 34.6 Å². The molecule has 1 aliphatic rings. The first-order chi connectivity index (χ1) is 33.3. The second-order valence-electron chi connectivity index (χ2n) is 17.1. The first-order valence-electron chi connectivity index (χ1n) is 24.8. The molecule has 9 aromatic carbocycles. The zero-order valence-corrected chi connectivity index (χ0v) is 36.0. The fraction of sp³-hybridized carbons (Fsp3) is 0.100. The van der Waals surface area contributed by atoms with E-state index in [0.29, 0.717) is 11.5 Å². The minimum atomic E-state index is -3.11. The molecule has 0 bridgehead atoms. The van der Waals surface area contributed by atoms with E-state index in [1.54, 1.807) is 0 Å². The number of benzene rings is 9. The zero-order valence-electron chi connectivity index (χ0n) is 40.0. The molecule has 1 saturated carbocycles. The third-order valence-corrected chi connectivity index (χ3v) is 18.5. The quantitative estimate of drug-likeness (QED) is 0.107. The smallest absolute Gasteiger partial charge is 0.179 e. The number of hydrogen-bond acceptors (Lipinski definition) is 0. The third kappa shape index (κ3) is 6.13. The Morgan fingerprint density at radius 3 is 1.73 bits per heavy atom. The van der Waals surface area contributed by atoms with Gasteiger partial charge < -0.3 is 9.13 Å². The van der Waals surface area contributed by atoms with Crippen LogP contribution in [0.4, 0.5) is 0 Å². The van der Waals surface area contributed by atoms with Crippen LogP contribution in [0.5, 0.6) is 0 Å². The molecule has 2 heterocycles. The Morgan fingerprint density at radius 1 is 0.413 bits per heavy atom. The molecule has 1 fully saturated rings. The summed E-state index contributed by atoms with van der Waals surface area (Å²) >= 11 is 0. The summed E-state index contributed by atoms with van der Waals surface area (Å²) in [7, 11) is -3.11. The molecule has 302 valence electrons. The Labute approximate surface area is 377 Å². The Kier molecular flexibility index (Phi) is 8.05. The fourth-order valence-corrected chi connectivity index (χ4v) is 15.7. The molecule has 63 heavy (non-hydrogen) atoms. The van der Waals surface area contributed by atoms with E-state index in [1.807, 2.05) is 12.1 Å². The number of rotatable bonds is 8. The van der Waals surface area contributed by atoms with Crippen LogP contribution in [-0.2, 0) is 0 Å². The van der Waals surface area contributed by atoms with Crippen LogP contribution >= 0.6 is 0 Å². The summed E-state index contributed by atoms with van der Waals surface area (Å²) in [4.78, 5) is 0. The van der Waals surface area contributed by atoms with E-state index in [4.69, 9.17) is 6.85 Å². The van der Waals surface area contributed by atoms with Crippen LogP contribution in [0.2, 0.25) is 0 Å². The number of para-hydroxylation sites is 2. The largest absolute Gasteiger partial charge is 0.309 e. The van der Waals surface area contributed by atoms with Crippen molar-refractivity contribution >= 4 is 72.4 Å². The highest BCUT2D eigenvalue weighted by Gasteiger charge is 2.41. The molecule has 1 aliphatic carbocycles. The van der Waals surface area contributed by atoms with Gasteiger partial charge in [-0.05, 0) is 98.7 Å². The van der Waals surface area contributed by atoms with Gasteiger partial charge in [0.25, 0.3) is 0 Å². The van der Waals surface area contributed by atoms with Crippen molar-refractivity contribution in [3.8, 4) is 22.5 Å². The molecule has 0 unspecified atom stereocenters. The van der Waals surface area contributed by atoms with Gasteiger partial charge in [0, 0.05) is 27.2 Å². The topological polar surface area (TPSA) is 9.86 Å². The molecule has 0 atom stereocenters. The van der Waals surface area contributed by atoms with Crippen molar-refractivity contribution in [1.82, 2.24) is 9.13 Å². The lowest BCUT2D eigenvalue weighted by molar-refractivity contribution is 0.444. The Bertz CT molecular complexity index is 3650. The van der Waals surface area contributed by atoms with Crippen LogP contribution in [0.25, 0.3) is 66.1 Å². The van der Waals surface area contributed by atoms with Gasteiger partial charge in [0.1, 0.15) is 0 Å². The lowest BCUT2D eigenvalue weighted by atomic mass is 9.84. The van der Waals surface area contributed by atoms with Crippen LogP contribution in [0.3, 0.4) is 0 Å². The number of hydrogen-bond donors (Lipinski definition) is 0. The van der Waals surface area contributed by atoms with Gasteiger partial charge in [-0.25, -0.2) is 0 Å². The maximum atomic E-state index is 8.76. The number of nitrogens with zero attached hydrogens (tertiary/aromatic N) is 2. The monoisotopic (exact) mass is 829 g/mol. The Balaban J connectivity index is 1.09. The third-order valence-electron chi connectivity index (χ3n) is 13.7. The standard InChI is InChI=1S/C60H48N2Si/c1-5-19-43(20-6-1)45-35-38-50(39-36-45)63(48-24-9-3-10-25-48,49-26-11-4-12-27-49)51-28-17-23-47(42-51)61-56-32-16-14-30-54(56)60-57(61)33-18-34-58(60)62-55-31-15-13-29-52(55)53-40-37-46(41-59(53)62)44-21-7-2-8-22-44/h1,3-6,9-20,23-42,44H,2,7-8,21-22H2/i1D,5D,6D,19D,20D. The van der Waals surface area contributed by atoms with E-state index in [2.05, 4.69) is 191 Å². The number of aromatic nitrogens is 2. The van der Waals surface area contributed by atoms with Crippen LogP contribution < -0.4 is 20.7 Å². The second kappa shape index (κ2) is 15.6. The van der Waals surface area contributed by atoms with E-state index in [0.717, 1.165) is 27.6 Å². The summed E-state index contributed by atoms with van der Waals surface area (Å²) in [5.41, 5.74) is 9.17. The lowest BCUT2D eigenvalue weighted by Crippen LogP contribution is -2.74. The van der Waals surface area contributed by atoms with E-state index < -0.39 is 14.1 Å². The summed E-state index contributed by atoms with van der Waals surface area (Å²) in [6.45, 7) is 0. The van der Waals surface area contributed by atoms with Gasteiger partial charge in [-0.2, -0.15) is 0 Å². The van der Waals surface area contributed by atoms with Crippen molar-refractivity contribution in [3.05, 3.63) is 230 Å². The van der Waals surface area contributed by atoms with Crippen LogP contribution in [-0.4, -0.2) is 17.2 Å². The highest BCUT2D eigenvalue weighted by molar-refractivity contribution is 7.19. The van der Waals surface area contributed by atoms with Gasteiger partial charge in [0.2, 0.25) is 0 Å². The number of fused-ring (bicyclic) bond motifs is 6. The first kappa shape index (κ1) is 32.5. The van der Waals surface area contributed by atoms with Gasteiger partial charge >= 0.3 is 0 Å². The average molecular weight is 830 g/mol. The minimum absolute atomic E-state index is 0.201. The maximum absolute atomic E-state index is 8.76. The first-order valence-corrected chi connectivity index (χ1v) is 24.3. The average Bonchev–Trinajstić information content (AvgIpc) is 3.92. The van der Waals surface area contributed by atoms with Crippen LogP contribution in [0, 0.1) is 0 Å². The molecule has 0 radical (unpaired) electrons. The summed E-state index contributed by atoms with van der Waals surface area (Å²) in [5, 5.41) is 9.67. The highest BCUT2D eigenvalue weighted by Crippen LogP contribution is 2.41. The fourth-order valence-electron chi connectivity index (χ4n) is 10.9. The van der Waals surface area contributed by atoms with Crippen molar-refractivity contribution in [1.29, 1.82) is 0 Å². The molecule has 2 aromatic heterocycles. The minimum Gasteiger partial charge on any atom is -0.309 e. The molecule has 0 N–H and O–H groups in total. The predicted molar refractivity (Wildman–Crippen MR) is 270 cm³/mol. The molecule has 11 aromatic rings. The molecule has 0 saturated heterocycles. The van der Waals surface area contributed by atoms with Crippen molar-refractivity contribution in [2.45, 2.75) is 38.0 Å². The van der Waals surface area contributed by atoms with E-state index in [-0.39, 0.29) is 29.7 Å². The van der Waals surface area contributed by atoms with Crippen molar-refractivity contribution < 1.29 is 6.85 Å². The summed E-state index contributed by atoms with van der Waals surface area (Å²) in [6, 6.07) is 69.0. The SMILES string of the molecule is [2H]c1c([2H])c([2H])c(-c2ccc([Si](c3ccccc3)(c3ccccc3)c3cccc(-n4c5ccccc5c5c(-n6c7ccccc7c7ccc(C8CCCCC8)cc76)cccc54)c3)cc2)c([2H])c1[2H]. The molecular weight excluding hydrogens is 777 g/mol. The van der Waals surface area contributed by atoms with E-state index >= 15 is 0 Å². The zero-order chi connectivity index (χ0) is 46.1. The van der Waals surface area contributed by atoms with Gasteiger partial charge in [-0.1, -0.05) is 201 Å². The summed E-state index contributed by atoms with van der Waals surface area (Å²) in [5.74, 6) is 0.590. The molecular formula is C60H48N2Si. The Morgan fingerprint density at radius 2 is 1.00 bits per heavy atom. The molecule has 3 heteroatoms. The lowest BCUT2D eigenvalue weighted by Gasteiger charge is -2.35.